The molecule has 1 amide bonds. The lowest BCUT2D eigenvalue weighted by Crippen LogP contribution is -2.34. The molecule has 2 aliphatic rings. The van der Waals surface area contributed by atoms with Gasteiger partial charge in [-0.25, -0.2) is 4.98 Å². The van der Waals surface area contributed by atoms with Gasteiger partial charge in [-0.3, -0.25) is 4.79 Å². The molecule has 2 heterocycles. The lowest BCUT2D eigenvalue weighted by molar-refractivity contribution is 0.0741. The van der Waals surface area contributed by atoms with Gasteiger partial charge in [-0.05, 0) is 94.1 Å². The van der Waals surface area contributed by atoms with Gasteiger partial charge in [-0.2, -0.15) is 0 Å². The Labute approximate surface area is 245 Å². The fourth-order valence-electron chi connectivity index (χ4n) is 6.69. The van der Waals surface area contributed by atoms with Gasteiger partial charge in [0.2, 0.25) is 0 Å². The first-order chi connectivity index (χ1) is 19.4. The Balaban J connectivity index is 1.54. The number of aromatic nitrogens is 2. The average Bonchev–Trinajstić information content (AvgIpc) is 3.08. The topological polar surface area (TPSA) is 41.4 Å². The van der Waals surface area contributed by atoms with Crippen LogP contribution in [0.15, 0.2) is 18.2 Å². The number of imidazole rings is 1. The molecule has 1 aliphatic heterocycles. The molecule has 4 rings (SSSR count). The third-order valence-corrected chi connectivity index (χ3v) is 9.37. The fraction of sp³-hybridized carbons (Fsp3) is 0.771. The van der Waals surface area contributed by atoms with Crippen LogP contribution in [0.1, 0.15) is 127 Å². The number of likely N-dealkylation sites (tertiary alicyclic amines) is 1. The van der Waals surface area contributed by atoms with Gasteiger partial charge < -0.3 is 14.4 Å². The summed E-state index contributed by atoms with van der Waals surface area (Å²) in [6.45, 7) is 15.3. The summed E-state index contributed by atoms with van der Waals surface area (Å²) in [7, 11) is 0. The molecule has 2 fully saturated rings. The van der Waals surface area contributed by atoms with E-state index in [1.54, 1.807) is 0 Å². The maximum atomic E-state index is 13.8. The molecular weight excluding hydrogens is 492 g/mol. The first kappa shape index (κ1) is 31.1. The molecule has 0 spiro atoms. The number of nitrogens with zero attached hydrogens (tertiary/aromatic N) is 4. The van der Waals surface area contributed by atoms with Crippen molar-refractivity contribution in [2.45, 2.75) is 124 Å². The van der Waals surface area contributed by atoms with Crippen LogP contribution in [0.2, 0.25) is 0 Å². The van der Waals surface area contributed by atoms with Crippen LogP contribution in [0, 0.1) is 17.8 Å². The van der Waals surface area contributed by atoms with Crippen molar-refractivity contribution in [3.63, 3.8) is 0 Å². The summed E-state index contributed by atoms with van der Waals surface area (Å²) in [6.07, 6.45) is 18.0. The molecule has 1 saturated carbocycles. The summed E-state index contributed by atoms with van der Waals surface area (Å²) < 4.78 is 2.49. The zero-order valence-electron chi connectivity index (χ0n) is 26.3. The fourth-order valence-corrected chi connectivity index (χ4v) is 6.69. The van der Waals surface area contributed by atoms with Crippen molar-refractivity contribution in [1.82, 2.24) is 19.4 Å². The minimum absolute atomic E-state index is 0.185. The largest absolute Gasteiger partial charge is 0.339 e. The molecule has 0 unspecified atom stereocenters. The summed E-state index contributed by atoms with van der Waals surface area (Å²) in [6, 6.07) is 6.31. The van der Waals surface area contributed by atoms with Crippen molar-refractivity contribution < 1.29 is 4.79 Å². The Morgan fingerprint density at radius 3 is 2.20 bits per heavy atom. The molecule has 2 aromatic rings. The molecule has 1 aliphatic carbocycles. The minimum Gasteiger partial charge on any atom is -0.339 e. The van der Waals surface area contributed by atoms with Crippen LogP contribution in [0.3, 0.4) is 0 Å². The van der Waals surface area contributed by atoms with Crippen LogP contribution >= 0.6 is 0 Å². The smallest absolute Gasteiger partial charge is 0.253 e. The van der Waals surface area contributed by atoms with Crippen LogP contribution in [-0.4, -0.2) is 58.0 Å². The maximum Gasteiger partial charge on any atom is 0.253 e. The number of amides is 1. The van der Waals surface area contributed by atoms with E-state index in [0.29, 0.717) is 11.8 Å². The highest BCUT2D eigenvalue weighted by Crippen LogP contribution is 2.29. The quantitative estimate of drug-likeness (QED) is 0.237. The number of hydrogen-bond acceptors (Lipinski definition) is 3. The summed E-state index contributed by atoms with van der Waals surface area (Å²) in [5, 5.41) is 0. The van der Waals surface area contributed by atoms with Crippen molar-refractivity contribution in [3.05, 3.63) is 29.6 Å². The normalized spacial score (nSPS) is 17.6. The molecule has 0 N–H and O–H groups in total. The van der Waals surface area contributed by atoms with Gasteiger partial charge in [0.15, 0.2) is 0 Å². The van der Waals surface area contributed by atoms with Crippen LogP contribution < -0.4 is 0 Å². The number of rotatable bonds is 14. The standard InChI is InChI=1S/C35H58N4O/c1-28(2)19-25-38(26-20-29(3)4)35(40)31-16-17-32-33(27-31)39(24-12-23-37-21-10-5-6-11-22-37)34(36-32)18-15-30-13-8-7-9-14-30/h16-17,27-30H,5-15,18-26H2,1-4H3. The molecule has 0 radical (unpaired) electrons. The Kier molecular flexibility index (Phi) is 12.4. The predicted molar refractivity (Wildman–Crippen MR) is 169 cm³/mol. The number of carbonyl (C=O) groups excluding carboxylic acids is 1. The molecular formula is C35H58N4O. The summed E-state index contributed by atoms with van der Waals surface area (Å²) in [5.41, 5.74) is 3.04. The lowest BCUT2D eigenvalue weighted by Gasteiger charge is -2.25. The van der Waals surface area contributed by atoms with Gasteiger partial charge in [0.05, 0.1) is 11.0 Å². The van der Waals surface area contributed by atoms with Gasteiger partial charge in [-0.1, -0.05) is 72.6 Å². The predicted octanol–water partition coefficient (Wildman–Crippen LogP) is 8.35. The van der Waals surface area contributed by atoms with E-state index in [0.717, 1.165) is 67.8 Å². The molecule has 5 nitrogen and oxygen atoms in total. The monoisotopic (exact) mass is 550 g/mol. The van der Waals surface area contributed by atoms with Crippen LogP contribution in [-0.2, 0) is 13.0 Å². The molecule has 0 atom stereocenters. The SMILES string of the molecule is CC(C)CCN(CCC(C)C)C(=O)c1ccc2nc(CCC3CCCCC3)n(CCCN3CCCCCC3)c2c1. The highest BCUT2D eigenvalue weighted by molar-refractivity contribution is 5.97. The lowest BCUT2D eigenvalue weighted by atomic mass is 9.86. The third kappa shape index (κ3) is 9.33. The highest BCUT2D eigenvalue weighted by Gasteiger charge is 2.21. The van der Waals surface area contributed by atoms with E-state index in [1.807, 2.05) is 6.07 Å². The molecule has 1 saturated heterocycles. The van der Waals surface area contributed by atoms with E-state index in [9.17, 15) is 4.79 Å². The zero-order chi connectivity index (χ0) is 28.3. The average molecular weight is 551 g/mol. The highest BCUT2D eigenvalue weighted by atomic mass is 16.2. The number of carbonyl (C=O) groups is 1. The third-order valence-electron chi connectivity index (χ3n) is 9.37. The second-order valence-corrected chi connectivity index (χ2v) is 13.7. The minimum atomic E-state index is 0.185. The van der Waals surface area contributed by atoms with Gasteiger partial charge in [0, 0.05) is 31.6 Å². The van der Waals surface area contributed by atoms with E-state index in [2.05, 4.69) is 54.2 Å². The second-order valence-electron chi connectivity index (χ2n) is 13.7. The summed E-state index contributed by atoms with van der Waals surface area (Å²) >= 11 is 0. The Hall–Kier alpha value is -1.88. The summed E-state index contributed by atoms with van der Waals surface area (Å²) in [5.74, 6) is 3.46. The van der Waals surface area contributed by atoms with E-state index in [4.69, 9.17) is 4.98 Å². The van der Waals surface area contributed by atoms with Crippen molar-refractivity contribution in [2.75, 3.05) is 32.7 Å². The number of aryl methyl sites for hydroxylation is 2. The molecule has 1 aromatic carbocycles. The summed E-state index contributed by atoms with van der Waals surface area (Å²) in [4.78, 5) is 23.7. The van der Waals surface area contributed by atoms with Gasteiger partial charge in [-0.15, -0.1) is 0 Å². The van der Waals surface area contributed by atoms with Gasteiger partial charge >= 0.3 is 0 Å². The molecule has 40 heavy (non-hydrogen) atoms. The Bertz CT molecular complexity index is 1020. The van der Waals surface area contributed by atoms with Crippen LogP contribution in [0.25, 0.3) is 11.0 Å². The van der Waals surface area contributed by atoms with Crippen molar-refractivity contribution in [3.8, 4) is 0 Å². The van der Waals surface area contributed by atoms with Crippen molar-refractivity contribution >= 4 is 16.9 Å². The Morgan fingerprint density at radius 2 is 1.55 bits per heavy atom. The van der Waals surface area contributed by atoms with Crippen molar-refractivity contribution in [1.29, 1.82) is 0 Å². The zero-order valence-corrected chi connectivity index (χ0v) is 26.3. The number of fused-ring (bicyclic) bond motifs is 1. The number of benzene rings is 1. The first-order valence-corrected chi connectivity index (χ1v) is 16.9. The van der Waals surface area contributed by atoms with Crippen LogP contribution in [0.5, 0.6) is 0 Å². The Morgan fingerprint density at radius 1 is 0.900 bits per heavy atom. The first-order valence-electron chi connectivity index (χ1n) is 16.9. The molecule has 224 valence electrons. The van der Waals surface area contributed by atoms with E-state index in [-0.39, 0.29) is 5.91 Å². The molecule has 0 bridgehead atoms. The maximum absolute atomic E-state index is 13.8. The van der Waals surface area contributed by atoms with Crippen molar-refractivity contribution in [2.24, 2.45) is 17.8 Å². The molecule has 5 heteroatoms. The van der Waals surface area contributed by atoms with Gasteiger partial charge in [0.25, 0.3) is 5.91 Å². The van der Waals surface area contributed by atoms with E-state index >= 15 is 0 Å². The van der Waals surface area contributed by atoms with Gasteiger partial charge in [0.1, 0.15) is 5.82 Å². The number of hydrogen-bond donors (Lipinski definition) is 0. The van der Waals surface area contributed by atoms with E-state index in [1.165, 1.54) is 89.7 Å². The second kappa shape index (κ2) is 15.9. The van der Waals surface area contributed by atoms with E-state index < -0.39 is 0 Å². The van der Waals surface area contributed by atoms with Crippen LogP contribution in [0.4, 0.5) is 0 Å². The molecule has 1 aromatic heterocycles.